The van der Waals surface area contributed by atoms with Crippen molar-refractivity contribution < 1.29 is 14.6 Å². The number of aliphatic hydroxyl groups is 1. The number of aromatic nitrogens is 1. The van der Waals surface area contributed by atoms with Crippen molar-refractivity contribution >= 4 is 33.4 Å². The number of rotatable bonds is 1. The molecule has 1 amide bonds. The number of ether oxygens (including phenoxy) is 1. The molecule has 5 nitrogen and oxygen atoms in total. The third-order valence-electron chi connectivity index (χ3n) is 4.68. The Labute approximate surface area is 149 Å². The van der Waals surface area contributed by atoms with Crippen molar-refractivity contribution in [3.63, 3.8) is 0 Å². The van der Waals surface area contributed by atoms with E-state index in [4.69, 9.17) is 4.74 Å². The van der Waals surface area contributed by atoms with E-state index in [2.05, 4.69) is 20.9 Å². The highest BCUT2D eigenvalue weighted by Crippen LogP contribution is 2.59. The molecule has 1 aliphatic carbocycles. The molecule has 1 spiro atoms. The molecule has 0 unspecified atom stereocenters. The topological polar surface area (TPSA) is 62.7 Å². The summed E-state index contributed by atoms with van der Waals surface area (Å²) in [6, 6.07) is 0. The molecule has 1 saturated heterocycles. The van der Waals surface area contributed by atoms with E-state index in [1.807, 2.05) is 26.2 Å². The third kappa shape index (κ3) is 3.56. The van der Waals surface area contributed by atoms with Crippen molar-refractivity contribution in [3.05, 3.63) is 15.0 Å². The molecular weight excluding hydrogens is 380 g/mol. The highest BCUT2D eigenvalue weighted by molar-refractivity contribution is 9.10. The molecule has 1 N–H and O–H groups in total. The Morgan fingerprint density at radius 3 is 2.48 bits per heavy atom. The molecule has 128 valence electrons. The van der Waals surface area contributed by atoms with Gasteiger partial charge in [-0.2, -0.15) is 0 Å². The average Bonchev–Trinajstić information content (AvgIpc) is 2.83. The number of hydrogen-bond acceptors (Lipinski definition) is 5. The highest BCUT2D eigenvalue weighted by Gasteiger charge is 2.56. The summed E-state index contributed by atoms with van der Waals surface area (Å²) in [5.74, 6) is 0. The largest absolute Gasteiger partial charge is 0.444 e. The van der Waals surface area contributed by atoms with Gasteiger partial charge in [0.2, 0.25) is 0 Å². The van der Waals surface area contributed by atoms with Gasteiger partial charge in [0.25, 0.3) is 0 Å². The molecule has 0 radical (unpaired) electrons. The van der Waals surface area contributed by atoms with Gasteiger partial charge in [0.1, 0.15) is 20.8 Å². The van der Waals surface area contributed by atoms with Crippen molar-refractivity contribution in [1.82, 2.24) is 9.88 Å². The Morgan fingerprint density at radius 1 is 1.39 bits per heavy atom. The SMILES string of the molecule is CC(C)(C)OC(=O)N1CCC2(CC1)CC(O)(c1nc(Br)cs1)C2. The first-order valence-electron chi connectivity index (χ1n) is 7.93. The van der Waals surface area contributed by atoms with Gasteiger partial charge in [-0.3, -0.25) is 0 Å². The molecule has 1 saturated carbocycles. The van der Waals surface area contributed by atoms with Gasteiger partial charge in [0.15, 0.2) is 0 Å². The Balaban J connectivity index is 1.55. The fraction of sp³-hybridized carbons (Fsp3) is 0.750. The van der Waals surface area contributed by atoms with E-state index in [9.17, 15) is 9.90 Å². The molecule has 3 rings (SSSR count). The molecule has 0 atom stereocenters. The first-order valence-corrected chi connectivity index (χ1v) is 9.60. The quantitative estimate of drug-likeness (QED) is 0.773. The summed E-state index contributed by atoms with van der Waals surface area (Å²) in [5, 5.41) is 13.5. The fourth-order valence-electron chi connectivity index (χ4n) is 3.65. The molecule has 1 aromatic heterocycles. The van der Waals surface area contributed by atoms with Crippen LogP contribution in [0.15, 0.2) is 9.98 Å². The summed E-state index contributed by atoms with van der Waals surface area (Å²) >= 11 is 4.84. The average molecular weight is 403 g/mol. The van der Waals surface area contributed by atoms with Crippen molar-refractivity contribution in [1.29, 1.82) is 0 Å². The van der Waals surface area contributed by atoms with Gasteiger partial charge in [0, 0.05) is 18.5 Å². The summed E-state index contributed by atoms with van der Waals surface area (Å²) in [6.07, 6.45) is 3.08. The summed E-state index contributed by atoms with van der Waals surface area (Å²) in [7, 11) is 0. The maximum atomic E-state index is 12.1. The molecule has 0 bridgehead atoms. The molecule has 1 aliphatic heterocycles. The van der Waals surface area contributed by atoms with Gasteiger partial charge in [-0.15, -0.1) is 11.3 Å². The molecule has 1 aromatic rings. The zero-order valence-electron chi connectivity index (χ0n) is 13.8. The van der Waals surface area contributed by atoms with Crippen LogP contribution in [-0.2, 0) is 10.3 Å². The van der Waals surface area contributed by atoms with E-state index in [1.165, 1.54) is 11.3 Å². The smallest absolute Gasteiger partial charge is 0.410 e. The van der Waals surface area contributed by atoms with E-state index in [0.717, 1.165) is 35.3 Å². The van der Waals surface area contributed by atoms with Crippen LogP contribution in [0.3, 0.4) is 0 Å². The van der Waals surface area contributed by atoms with Crippen molar-refractivity contribution in [2.24, 2.45) is 5.41 Å². The molecule has 2 fully saturated rings. The predicted octanol–water partition coefficient (Wildman–Crippen LogP) is 3.90. The van der Waals surface area contributed by atoms with Crippen molar-refractivity contribution in [2.45, 2.75) is 57.7 Å². The lowest BCUT2D eigenvalue weighted by Gasteiger charge is -2.55. The lowest BCUT2D eigenvalue weighted by molar-refractivity contribution is -0.154. The van der Waals surface area contributed by atoms with Crippen LogP contribution in [0.25, 0.3) is 0 Å². The summed E-state index contributed by atoms with van der Waals surface area (Å²) in [4.78, 5) is 18.3. The van der Waals surface area contributed by atoms with E-state index in [-0.39, 0.29) is 11.5 Å². The van der Waals surface area contributed by atoms with E-state index in [0.29, 0.717) is 13.1 Å². The Kier molecular flexibility index (Phi) is 4.26. The minimum atomic E-state index is -0.787. The Hall–Kier alpha value is -0.660. The minimum Gasteiger partial charge on any atom is -0.444 e. The van der Waals surface area contributed by atoms with Crippen LogP contribution >= 0.6 is 27.3 Å². The number of hydrogen-bond donors (Lipinski definition) is 1. The number of nitrogens with zero attached hydrogens (tertiary/aromatic N) is 2. The monoisotopic (exact) mass is 402 g/mol. The van der Waals surface area contributed by atoms with Crippen molar-refractivity contribution in [3.8, 4) is 0 Å². The second-order valence-corrected chi connectivity index (χ2v) is 9.50. The molecule has 0 aromatic carbocycles. The van der Waals surface area contributed by atoms with Gasteiger partial charge < -0.3 is 14.7 Å². The zero-order valence-corrected chi connectivity index (χ0v) is 16.2. The van der Waals surface area contributed by atoms with Crippen LogP contribution in [0.1, 0.15) is 51.5 Å². The Bertz CT molecular complexity index is 595. The molecule has 7 heteroatoms. The van der Waals surface area contributed by atoms with Gasteiger partial charge in [-0.25, -0.2) is 9.78 Å². The standard InChI is InChI=1S/C16H23BrN2O3S/c1-14(2,3)22-13(20)19-6-4-15(5-7-19)9-16(21,10-15)12-18-11(17)8-23-12/h8,21H,4-7,9-10H2,1-3H3. The first-order chi connectivity index (χ1) is 10.6. The van der Waals surface area contributed by atoms with Crippen LogP contribution in [0, 0.1) is 5.41 Å². The van der Waals surface area contributed by atoms with Gasteiger partial charge in [-0.1, -0.05) is 0 Å². The lowest BCUT2D eigenvalue weighted by atomic mass is 9.55. The zero-order chi connectivity index (χ0) is 16.9. The van der Waals surface area contributed by atoms with Gasteiger partial charge in [0.05, 0.1) is 0 Å². The third-order valence-corrected chi connectivity index (χ3v) is 6.43. The molecule has 2 heterocycles. The minimum absolute atomic E-state index is 0.144. The van der Waals surface area contributed by atoms with Crippen molar-refractivity contribution in [2.75, 3.05) is 13.1 Å². The number of carbonyl (C=O) groups is 1. The summed E-state index contributed by atoms with van der Waals surface area (Å²) in [6.45, 7) is 7.05. The van der Waals surface area contributed by atoms with E-state index in [1.54, 1.807) is 4.90 Å². The maximum absolute atomic E-state index is 12.1. The van der Waals surface area contributed by atoms with Crippen LogP contribution in [0.5, 0.6) is 0 Å². The van der Waals surface area contributed by atoms with E-state index < -0.39 is 11.2 Å². The fourth-order valence-corrected chi connectivity index (χ4v) is 5.00. The number of amides is 1. The lowest BCUT2D eigenvalue weighted by Crippen LogP contribution is -2.55. The van der Waals surface area contributed by atoms with Gasteiger partial charge >= 0.3 is 6.09 Å². The maximum Gasteiger partial charge on any atom is 0.410 e. The Morgan fingerprint density at radius 2 is 2.00 bits per heavy atom. The summed E-state index contributed by atoms with van der Waals surface area (Å²) < 4.78 is 6.22. The second kappa shape index (κ2) is 5.70. The van der Waals surface area contributed by atoms with Crippen LogP contribution in [-0.4, -0.2) is 39.8 Å². The number of piperidine rings is 1. The normalized spacial score (nSPS) is 22.7. The number of thiazole rings is 1. The van der Waals surface area contributed by atoms with Crippen LogP contribution in [0.2, 0.25) is 0 Å². The number of likely N-dealkylation sites (tertiary alicyclic amines) is 1. The van der Waals surface area contributed by atoms with Gasteiger partial charge in [-0.05, 0) is 67.8 Å². The highest BCUT2D eigenvalue weighted by atomic mass is 79.9. The number of carbonyl (C=O) groups excluding carboxylic acids is 1. The molecule has 2 aliphatic rings. The summed E-state index contributed by atoms with van der Waals surface area (Å²) in [5.41, 5.74) is -1.10. The second-order valence-electron chi connectivity index (χ2n) is 7.83. The number of halogens is 1. The molecular formula is C16H23BrN2O3S. The van der Waals surface area contributed by atoms with Crippen LogP contribution < -0.4 is 0 Å². The van der Waals surface area contributed by atoms with E-state index >= 15 is 0 Å². The predicted molar refractivity (Wildman–Crippen MR) is 92.4 cm³/mol. The molecule has 23 heavy (non-hydrogen) atoms. The van der Waals surface area contributed by atoms with Crippen LogP contribution in [0.4, 0.5) is 4.79 Å². The first kappa shape index (κ1) is 17.2.